The molecule has 0 unspecified atom stereocenters. The lowest BCUT2D eigenvalue weighted by molar-refractivity contribution is 0.0741. The summed E-state index contributed by atoms with van der Waals surface area (Å²) >= 11 is 0. The highest BCUT2D eigenvalue weighted by molar-refractivity contribution is 6.69. The Morgan fingerprint density at radius 2 is 1.67 bits per heavy atom. The van der Waals surface area contributed by atoms with E-state index in [1.165, 1.54) is 5.56 Å². The molecular weight excluding hydrogens is 200 g/mol. The van der Waals surface area contributed by atoms with E-state index in [4.69, 9.17) is 4.43 Å². The van der Waals surface area contributed by atoms with Crippen LogP contribution in [0.15, 0.2) is 30.3 Å². The SMILES string of the molecule is CC[C@@](C)(O[Si](C)(C)C)c1ccccc1. The highest BCUT2D eigenvalue weighted by Gasteiger charge is 2.31. The van der Waals surface area contributed by atoms with Gasteiger partial charge in [0.2, 0.25) is 0 Å². The van der Waals surface area contributed by atoms with Crippen LogP contribution in [0.5, 0.6) is 0 Å². The van der Waals surface area contributed by atoms with Gasteiger partial charge in [0.1, 0.15) is 0 Å². The second-order valence-corrected chi connectivity index (χ2v) is 9.59. The number of hydrogen-bond acceptors (Lipinski definition) is 1. The third kappa shape index (κ3) is 3.47. The first-order chi connectivity index (χ1) is 6.87. The third-order valence-corrected chi connectivity index (χ3v) is 3.65. The summed E-state index contributed by atoms with van der Waals surface area (Å²) in [6, 6.07) is 10.5. The van der Waals surface area contributed by atoms with Gasteiger partial charge in [0, 0.05) is 0 Å². The first-order valence-corrected chi connectivity index (χ1v) is 9.04. The molecule has 1 nitrogen and oxygen atoms in total. The van der Waals surface area contributed by atoms with Crippen molar-refractivity contribution in [2.24, 2.45) is 0 Å². The van der Waals surface area contributed by atoms with Crippen molar-refractivity contribution in [2.75, 3.05) is 0 Å². The number of hydrogen-bond donors (Lipinski definition) is 0. The molecule has 0 heterocycles. The molecule has 0 N–H and O–H groups in total. The molecule has 1 aromatic rings. The average Bonchev–Trinajstić information content (AvgIpc) is 2.16. The van der Waals surface area contributed by atoms with Crippen molar-refractivity contribution < 1.29 is 4.43 Å². The summed E-state index contributed by atoms with van der Waals surface area (Å²) in [7, 11) is -1.50. The van der Waals surface area contributed by atoms with E-state index in [9.17, 15) is 0 Å². The molecular formula is C13H22OSi. The van der Waals surface area contributed by atoms with Gasteiger partial charge in [0.05, 0.1) is 5.60 Å². The van der Waals surface area contributed by atoms with Gasteiger partial charge < -0.3 is 4.43 Å². The van der Waals surface area contributed by atoms with E-state index in [1.54, 1.807) is 0 Å². The molecule has 1 rings (SSSR count). The van der Waals surface area contributed by atoms with Gasteiger partial charge in [-0.15, -0.1) is 0 Å². The maximum atomic E-state index is 6.30. The van der Waals surface area contributed by atoms with Crippen LogP contribution in [0, 0.1) is 0 Å². The highest BCUT2D eigenvalue weighted by Crippen LogP contribution is 2.31. The number of benzene rings is 1. The van der Waals surface area contributed by atoms with Gasteiger partial charge in [-0.3, -0.25) is 0 Å². The molecule has 0 aliphatic carbocycles. The predicted octanol–water partition coefficient (Wildman–Crippen LogP) is 4.16. The van der Waals surface area contributed by atoms with Gasteiger partial charge in [-0.05, 0) is 38.5 Å². The van der Waals surface area contributed by atoms with Crippen LogP contribution in [-0.4, -0.2) is 8.32 Å². The summed E-state index contributed by atoms with van der Waals surface area (Å²) in [5.41, 5.74) is 1.17. The molecule has 15 heavy (non-hydrogen) atoms. The van der Waals surface area contributed by atoms with Crippen molar-refractivity contribution >= 4 is 8.32 Å². The predicted molar refractivity (Wildman–Crippen MR) is 68.5 cm³/mol. The van der Waals surface area contributed by atoms with Gasteiger partial charge in [-0.1, -0.05) is 37.3 Å². The Bertz CT molecular complexity index is 302. The van der Waals surface area contributed by atoms with E-state index in [2.05, 4.69) is 57.8 Å². The monoisotopic (exact) mass is 222 g/mol. The Morgan fingerprint density at radius 1 is 1.13 bits per heavy atom. The molecule has 0 aliphatic heterocycles. The Balaban J connectivity index is 2.96. The van der Waals surface area contributed by atoms with E-state index in [0.29, 0.717) is 0 Å². The first kappa shape index (κ1) is 12.5. The highest BCUT2D eigenvalue weighted by atomic mass is 28.4. The summed E-state index contributed by atoms with van der Waals surface area (Å²) in [5.74, 6) is 0. The Labute approximate surface area is 94.6 Å². The van der Waals surface area contributed by atoms with Crippen LogP contribution in [0.2, 0.25) is 19.6 Å². The fraction of sp³-hybridized carbons (Fsp3) is 0.538. The Kier molecular flexibility index (Phi) is 3.74. The smallest absolute Gasteiger partial charge is 0.184 e. The molecule has 1 aromatic carbocycles. The molecule has 0 aliphatic rings. The molecule has 0 bridgehead atoms. The molecule has 0 saturated heterocycles. The van der Waals surface area contributed by atoms with Crippen LogP contribution < -0.4 is 0 Å². The zero-order valence-corrected chi connectivity index (χ0v) is 11.5. The van der Waals surface area contributed by atoms with Crippen LogP contribution in [-0.2, 0) is 10.0 Å². The maximum absolute atomic E-state index is 6.30. The van der Waals surface area contributed by atoms with Crippen molar-refractivity contribution in [3.8, 4) is 0 Å². The Morgan fingerprint density at radius 3 is 2.07 bits per heavy atom. The summed E-state index contributed by atoms with van der Waals surface area (Å²) in [4.78, 5) is 0. The van der Waals surface area contributed by atoms with Crippen molar-refractivity contribution in [1.82, 2.24) is 0 Å². The molecule has 0 fully saturated rings. The minimum Gasteiger partial charge on any atom is -0.408 e. The molecule has 84 valence electrons. The lowest BCUT2D eigenvalue weighted by Crippen LogP contribution is -2.38. The largest absolute Gasteiger partial charge is 0.408 e. The van der Waals surface area contributed by atoms with Crippen LogP contribution >= 0.6 is 0 Å². The fourth-order valence-corrected chi connectivity index (χ4v) is 3.42. The topological polar surface area (TPSA) is 9.23 Å². The van der Waals surface area contributed by atoms with Crippen molar-refractivity contribution in [1.29, 1.82) is 0 Å². The minimum atomic E-state index is -1.50. The van der Waals surface area contributed by atoms with Gasteiger partial charge in [-0.25, -0.2) is 0 Å². The van der Waals surface area contributed by atoms with Crippen molar-refractivity contribution in [3.63, 3.8) is 0 Å². The quantitative estimate of drug-likeness (QED) is 0.695. The lowest BCUT2D eigenvalue weighted by atomic mass is 9.94. The van der Waals surface area contributed by atoms with Crippen molar-refractivity contribution in [3.05, 3.63) is 35.9 Å². The molecule has 0 radical (unpaired) electrons. The summed E-state index contributed by atoms with van der Waals surface area (Å²) in [6.07, 6.45) is 1.02. The zero-order chi connectivity index (χ0) is 11.5. The zero-order valence-electron chi connectivity index (χ0n) is 10.5. The standard InChI is InChI=1S/C13H22OSi/c1-6-13(2,14-15(3,4)5)12-10-8-7-9-11-12/h7-11H,6H2,1-5H3/t13-/m1/s1. The van der Waals surface area contributed by atoms with Gasteiger partial charge in [0.25, 0.3) is 0 Å². The van der Waals surface area contributed by atoms with Gasteiger partial charge in [0.15, 0.2) is 8.32 Å². The van der Waals surface area contributed by atoms with Crippen LogP contribution in [0.4, 0.5) is 0 Å². The van der Waals surface area contributed by atoms with E-state index in [-0.39, 0.29) is 5.60 Å². The molecule has 2 heteroatoms. The second-order valence-electron chi connectivity index (χ2n) is 5.16. The van der Waals surface area contributed by atoms with Gasteiger partial charge >= 0.3 is 0 Å². The normalized spacial score (nSPS) is 16.1. The van der Waals surface area contributed by atoms with Gasteiger partial charge in [-0.2, -0.15) is 0 Å². The minimum absolute atomic E-state index is 0.119. The molecule has 1 atom stereocenters. The molecule has 0 saturated carbocycles. The number of rotatable bonds is 4. The van der Waals surface area contributed by atoms with E-state index in [0.717, 1.165) is 6.42 Å². The molecule has 0 aromatic heterocycles. The third-order valence-electron chi connectivity index (χ3n) is 2.59. The first-order valence-electron chi connectivity index (χ1n) is 5.63. The van der Waals surface area contributed by atoms with Crippen LogP contribution in [0.3, 0.4) is 0 Å². The molecule has 0 amide bonds. The van der Waals surface area contributed by atoms with Crippen LogP contribution in [0.25, 0.3) is 0 Å². The fourth-order valence-electron chi connectivity index (χ4n) is 1.80. The Hall–Kier alpha value is -0.603. The van der Waals surface area contributed by atoms with E-state index < -0.39 is 8.32 Å². The second kappa shape index (κ2) is 4.50. The van der Waals surface area contributed by atoms with Crippen LogP contribution in [0.1, 0.15) is 25.8 Å². The summed E-state index contributed by atoms with van der Waals surface area (Å²) in [5, 5.41) is 0. The summed E-state index contributed by atoms with van der Waals surface area (Å²) < 4.78 is 6.30. The maximum Gasteiger partial charge on any atom is 0.184 e. The lowest BCUT2D eigenvalue weighted by Gasteiger charge is -2.36. The average molecular weight is 222 g/mol. The van der Waals surface area contributed by atoms with E-state index in [1.807, 2.05) is 6.07 Å². The van der Waals surface area contributed by atoms with Crippen molar-refractivity contribution in [2.45, 2.75) is 45.5 Å². The van der Waals surface area contributed by atoms with E-state index >= 15 is 0 Å². The molecule has 0 spiro atoms. The summed E-state index contributed by atoms with van der Waals surface area (Å²) in [6.45, 7) is 11.1.